The summed E-state index contributed by atoms with van der Waals surface area (Å²) in [7, 11) is 0. The lowest BCUT2D eigenvalue weighted by molar-refractivity contribution is -0.127. The Hall–Kier alpha value is -1.77. The third-order valence-corrected chi connectivity index (χ3v) is 4.02. The molecule has 1 aliphatic heterocycles. The predicted octanol–water partition coefficient (Wildman–Crippen LogP) is 3.67. The van der Waals surface area contributed by atoms with Gasteiger partial charge < -0.3 is 10.2 Å². The minimum absolute atomic E-state index is 0.140. The Bertz CT molecular complexity index is 544. The standard InChI is InChI=1S/C18H26N2O/c1-13(2)10-18(21)20-9-5-6-17(12-20)19-16-8-7-14(3)15(4)11-16/h7-8,10-11,17,19H,5-6,9,12H2,1-4H3/t17-/m1/s1. The van der Waals surface area contributed by atoms with Crippen molar-refractivity contribution in [3.8, 4) is 0 Å². The molecular formula is C18H26N2O. The van der Waals surface area contributed by atoms with Crippen LogP contribution < -0.4 is 5.32 Å². The number of piperidine rings is 1. The molecule has 1 atom stereocenters. The first-order valence-corrected chi connectivity index (χ1v) is 7.73. The van der Waals surface area contributed by atoms with Crippen LogP contribution in [0.2, 0.25) is 0 Å². The van der Waals surface area contributed by atoms with Crippen molar-refractivity contribution in [2.75, 3.05) is 18.4 Å². The number of aryl methyl sites for hydroxylation is 2. The SMILES string of the molecule is CC(C)=CC(=O)N1CCC[C@@H](Nc2ccc(C)c(C)c2)C1. The van der Waals surface area contributed by atoms with Crippen LogP contribution in [-0.4, -0.2) is 29.9 Å². The number of anilines is 1. The summed E-state index contributed by atoms with van der Waals surface area (Å²) in [4.78, 5) is 14.1. The van der Waals surface area contributed by atoms with Crippen molar-refractivity contribution in [2.24, 2.45) is 0 Å². The maximum Gasteiger partial charge on any atom is 0.246 e. The molecule has 3 heteroatoms. The molecule has 1 saturated heterocycles. The third-order valence-electron chi connectivity index (χ3n) is 4.02. The third kappa shape index (κ3) is 4.35. The lowest BCUT2D eigenvalue weighted by Crippen LogP contribution is -2.44. The molecule has 3 nitrogen and oxygen atoms in total. The van der Waals surface area contributed by atoms with Crippen LogP contribution in [0, 0.1) is 13.8 Å². The van der Waals surface area contributed by atoms with Crippen LogP contribution in [-0.2, 0) is 4.79 Å². The number of nitrogens with zero attached hydrogens (tertiary/aromatic N) is 1. The lowest BCUT2D eigenvalue weighted by Gasteiger charge is -2.33. The summed E-state index contributed by atoms with van der Waals surface area (Å²) in [5, 5.41) is 3.57. The fourth-order valence-electron chi connectivity index (χ4n) is 2.70. The van der Waals surface area contributed by atoms with E-state index in [0.717, 1.165) is 37.2 Å². The Kier molecular flexibility index (Phi) is 5.05. The average molecular weight is 286 g/mol. The first-order valence-electron chi connectivity index (χ1n) is 7.73. The Morgan fingerprint density at radius 2 is 2.05 bits per heavy atom. The molecular weight excluding hydrogens is 260 g/mol. The minimum atomic E-state index is 0.140. The van der Waals surface area contributed by atoms with Crippen molar-refractivity contribution in [3.05, 3.63) is 41.0 Å². The van der Waals surface area contributed by atoms with Gasteiger partial charge in [0.05, 0.1) is 0 Å². The molecule has 1 aromatic rings. The van der Waals surface area contributed by atoms with Crippen molar-refractivity contribution in [1.82, 2.24) is 4.90 Å². The number of carbonyl (C=O) groups is 1. The van der Waals surface area contributed by atoms with Gasteiger partial charge in [0.2, 0.25) is 5.91 Å². The Balaban J connectivity index is 1.99. The fourth-order valence-corrected chi connectivity index (χ4v) is 2.70. The first kappa shape index (κ1) is 15.6. The smallest absolute Gasteiger partial charge is 0.246 e. The Morgan fingerprint density at radius 3 is 2.71 bits per heavy atom. The molecule has 0 spiro atoms. The second-order valence-electron chi connectivity index (χ2n) is 6.29. The van der Waals surface area contributed by atoms with Crippen LogP contribution in [0.15, 0.2) is 29.8 Å². The van der Waals surface area contributed by atoms with E-state index in [1.807, 2.05) is 18.7 Å². The van der Waals surface area contributed by atoms with Gasteiger partial charge in [-0.05, 0) is 63.8 Å². The summed E-state index contributed by atoms with van der Waals surface area (Å²) in [5.74, 6) is 0.140. The fraction of sp³-hybridized carbons (Fsp3) is 0.500. The van der Waals surface area contributed by atoms with Crippen molar-refractivity contribution < 1.29 is 4.79 Å². The van der Waals surface area contributed by atoms with Crippen molar-refractivity contribution in [2.45, 2.75) is 46.6 Å². The number of rotatable bonds is 3. The molecule has 1 aromatic carbocycles. The number of benzene rings is 1. The predicted molar refractivity (Wildman–Crippen MR) is 88.6 cm³/mol. The van der Waals surface area contributed by atoms with Gasteiger partial charge in [-0.25, -0.2) is 0 Å². The van der Waals surface area contributed by atoms with Gasteiger partial charge >= 0.3 is 0 Å². The Morgan fingerprint density at radius 1 is 1.29 bits per heavy atom. The molecule has 1 aliphatic rings. The number of hydrogen-bond acceptors (Lipinski definition) is 2. The quantitative estimate of drug-likeness (QED) is 0.860. The highest BCUT2D eigenvalue weighted by molar-refractivity contribution is 5.88. The highest BCUT2D eigenvalue weighted by Crippen LogP contribution is 2.19. The summed E-state index contributed by atoms with van der Waals surface area (Å²) in [6.45, 7) is 9.84. The molecule has 1 N–H and O–H groups in total. The van der Waals surface area contributed by atoms with E-state index in [0.29, 0.717) is 6.04 Å². The van der Waals surface area contributed by atoms with E-state index >= 15 is 0 Å². The molecule has 1 amide bonds. The van der Waals surface area contributed by atoms with E-state index < -0.39 is 0 Å². The van der Waals surface area contributed by atoms with Gasteiger partial charge in [0, 0.05) is 30.9 Å². The maximum atomic E-state index is 12.1. The van der Waals surface area contributed by atoms with Gasteiger partial charge in [-0.3, -0.25) is 4.79 Å². The van der Waals surface area contributed by atoms with Crippen LogP contribution in [0.5, 0.6) is 0 Å². The molecule has 0 saturated carbocycles. The van der Waals surface area contributed by atoms with Gasteiger partial charge in [-0.2, -0.15) is 0 Å². The molecule has 1 fully saturated rings. The van der Waals surface area contributed by atoms with E-state index in [1.54, 1.807) is 6.08 Å². The zero-order chi connectivity index (χ0) is 15.4. The van der Waals surface area contributed by atoms with Crippen LogP contribution >= 0.6 is 0 Å². The topological polar surface area (TPSA) is 32.3 Å². The number of hydrogen-bond donors (Lipinski definition) is 1. The molecule has 0 radical (unpaired) electrons. The minimum Gasteiger partial charge on any atom is -0.381 e. The van der Waals surface area contributed by atoms with Gasteiger partial charge in [0.25, 0.3) is 0 Å². The summed E-state index contributed by atoms with van der Waals surface area (Å²) < 4.78 is 0. The number of likely N-dealkylation sites (tertiary alicyclic amines) is 1. The van der Waals surface area contributed by atoms with Crippen LogP contribution in [0.4, 0.5) is 5.69 Å². The number of amides is 1. The number of carbonyl (C=O) groups excluding carboxylic acids is 1. The van der Waals surface area contributed by atoms with Crippen molar-refractivity contribution in [3.63, 3.8) is 0 Å². The molecule has 21 heavy (non-hydrogen) atoms. The summed E-state index contributed by atoms with van der Waals surface area (Å²) in [6, 6.07) is 6.80. The zero-order valence-corrected chi connectivity index (χ0v) is 13.6. The molecule has 2 rings (SSSR count). The monoisotopic (exact) mass is 286 g/mol. The summed E-state index contributed by atoms with van der Waals surface area (Å²) in [5.41, 5.74) is 4.82. The van der Waals surface area contributed by atoms with Crippen molar-refractivity contribution >= 4 is 11.6 Å². The summed E-state index contributed by atoms with van der Waals surface area (Å²) in [6.07, 6.45) is 3.91. The van der Waals surface area contributed by atoms with E-state index in [2.05, 4.69) is 37.4 Å². The molecule has 0 aliphatic carbocycles. The molecule has 0 bridgehead atoms. The number of nitrogens with one attached hydrogen (secondary N) is 1. The molecule has 1 heterocycles. The average Bonchev–Trinajstić information content (AvgIpc) is 2.42. The molecule has 114 valence electrons. The van der Waals surface area contributed by atoms with Gasteiger partial charge in [0.15, 0.2) is 0 Å². The number of allylic oxidation sites excluding steroid dienone is 1. The van der Waals surface area contributed by atoms with E-state index in [4.69, 9.17) is 0 Å². The highest BCUT2D eigenvalue weighted by atomic mass is 16.2. The largest absolute Gasteiger partial charge is 0.381 e. The first-order chi connectivity index (χ1) is 9.95. The second-order valence-corrected chi connectivity index (χ2v) is 6.29. The van der Waals surface area contributed by atoms with E-state index in [-0.39, 0.29) is 5.91 Å². The van der Waals surface area contributed by atoms with Gasteiger partial charge in [-0.1, -0.05) is 11.6 Å². The lowest BCUT2D eigenvalue weighted by atomic mass is 10.0. The van der Waals surface area contributed by atoms with E-state index in [1.165, 1.54) is 11.1 Å². The van der Waals surface area contributed by atoms with Crippen LogP contribution in [0.25, 0.3) is 0 Å². The highest BCUT2D eigenvalue weighted by Gasteiger charge is 2.22. The van der Waals surface area contributed by atoms with Gasteiger partial charge in [0.1, 0.15) is 0 Å². The van der Waals surface area contributed by atoms with E-state index in [9.17, 15) is 4.79 Å². The molecule has 0 aromatic heterocycles. The summed E-state index contributed by atoms with van der Waals surface area (Å²) >= 11 is 0. The maximum absolute atomic E-state index is 12.1. The second kappa shape index (κ2) is 6.79. The van der Waals surface area contributed by atoms with Crippen molar-refractivity contribution in [1.29, 1.82) is 0 Å². The van der Waals surface area contributed by atoms with Gasteiger partial charge in [-0.15, -0.1) is 0 Å². The van der Waals surface area contributed by atoms with Crippen LogP contribution in [0.3, 0.4) is 0 Å². The Labute approximate surface area is 128 Å². The molecule has 0 unspecified atom stereocenters. The normalized spacial score (nSPS) is 18.3. The zero-order valence-electron chi connectivity index (χ0n) is 13.6. The van der Waals surface area contributed by atoms with Crippen LogP contribution in [0.1, 0.15) is 37.8 Å².